The van der Waals surface area contributed by atoms with Gasteiger partial charge in [0.25, 0.3) is 0 Å². The van der Waals surface area contributed by atoms with Crippen molar-refractivity contribution in [2.75, 3.05) is 0 Å². The van der Waals surface area contributed by atoms with E-state index < -0.39 is 11.9 Å². The van der Waals surface area contributed by atoms with Gasteiger partial charge >= 0.3 is 21.1 Å². The average Bonchev–Trinajstić information content (AvgIpc) is 1.88. The van der Waals surface area contributed by atoms with Gasteiger partial charge < -0.3 is 19.8 Å². The number of carboxylic acid groups (broad SMARTS) is 2. The molecule has 0 amide bonds. The van der Waals surface area contributed by atoms with Crippen LogP contribution in [0.4, 0.5) is 0 Å². The van der Waals surface area contributed by atoms with E-state index in [1.54, 1.807) is 0 Å². The van der Waals surface area contributed by atoms with Crippen molar-refractivity contribution in [1.29, 1.82) is 0 Å². The van der Waals surface area contributed by atoms with Crippen LogP contribution in [-0.4, -0.2) is 11.9 Å². The third kappa shape index (κ3) is 18.2. The van der Waals surface area contributed by atoms with Crippen LogP contribution in [0.15, 0.2) is 24.3 Å². The van der Waals surface area contributed by atoms with Crippen LogP contribution in [0.2, 0.25) is 0 Å². The zero-order valence-electron chi connectivity index (χ0n) is 7.46. The fourth-order valence-electron chi connectivity index (χ4n) is 0. The predicted molar refractivity (Wildman–Crippen MR) is 39.6 cm³/mol. The summed E-state index contributed by atoms with van der Waals surface area (Å²) in [7, 11) is 0. The summed E-state index contributed by atoms with van der Waals surface area (Å²) < 4.78 is 0. The minimum Gasteiger partial charge on any atom is -0.545 e. The summed E-state index contributed by atoms with van der Waals surface area (Å²) in [4.78, 5) is 19.0. The standard InChI is InChI=1S/2C4H6O2.Mo/c2*1-3(2)4(5)6;/h2*1H2,2H3,(H,5,6);/q;;+2/p-2. The molecule has 0 bridgehead atoms. The monoisotopic (exact) mass is 268 g/mol. The first-order chi connectivity index (χ1) is 5.29. The van der Waals surface area contributed by atoms with Crippen LogP contribution in [0.5, 0.6) is 0 Å². The van der Waals surface area contributed by atoms with E-state index in [2.05, 4.69) is 13.2 Å². The SMILES string of the molecule is C=C(C)C(=O)[O-].C=C(C)C(=O)[O-].[Mo+2]. The molecule has 0 saturated carbocycles. The molecule has 0 spiro atoms. The number of aliphatic carboxylic acids is 2. The molecule has 0 aromatic heterocycles. The quantitative estimate of drug-likeness (QED) is 0.456. The summed E-state index contributed by atoms with van der Waals surface area (Å²) in [5.41, 5.74) is 0.130. The Labute approximate surface area is 91.2 Å². The molecular formula is C8H10MoO4. The molecule has 0 radical (unpaired) electrons. The summed E-state index contributed by atoms with van der Waals surface area (Å²) in [5, 5.41) is 19.0. The molecule has 0 saturated heterocycles. The van der Waals surface area contributed by atoms with E-state index in [1.807, 2.05) is 0 Å². The maximum absolute atomic E-state index is 9.49. The van der Waals surface area contributed by atoms with Crippen molar-refractivity contribution in [1.82, 2.24) is 0 Å². The number of hydrogen-bond donors (Lipinski definition) is 0. The first-order valence-electron chi connectivity index (χ1n) is 3.02. The molecule has 0 heterocycles. The second-order valence-corrected chi connectivity index (χ2v) is 2.14. The fourth-order valence-corrected chi connectivity index (χ4v) is 0. The van der Waals surface area contributed by atoms with Crippen LogP contribution >= 0.6 is 0 Å². The van der Waals surface area contributed by atoms with Gasteiger partial charge in [-0.1, -0.05) is 13.2 Å². The topological polar surface area (TPSA) is 80.3 Å². The van der Waals surface area contributed by atoms with Crippen molar-refractivity contribution in [3.05, 3.63) is 24.3 Å². The number of carbonyl (C=O) groups excluding carboxylic acids is 2. The molecule has 0 unspecified atom stereocenters. The van der Waals surface area contributed by atoms with Crippen LogP contribution in [0.1, 0.15) is 13.8 Å². The fraction of sp³-hybridized carbons (Fsp3) is 0.250. The predicted octanol–water partition coefficient (Wildman–Crippen LogP) is -1.38. The van der Waals surface area contributed by atoms with Gasteiger partial charge in [-0.15, -0.1) is 0 Å². The number of rotatable bonds is 2. The second-order valence-electron chi connectivity index (χ2n) is 2.14. The largest absolute Gasteiger partial charge is 2.00 e. The number of carboxylic acids is 2. The molecular weight excluding hydrogens is 256 g/mol. The van der Waals surface area contributed by atoms with Crippen molar-refractivity contribution < 1.29 is 40.9 Å². The van der Waals surface area contributed by atoms with Gasteiger partial charge in [-0.25, -0.2) is 0 Å². The summed E-state index contributed by atoms with van der Waals surface area (Å²) in [5.74, 6) is -2.37. The van der Waals surface area contributed by atoms with Gasteiger partial charge in [0.05, 0.1) is 11.9 Å². The molecule has 4 nitrogen and oxygen atoms in total. The Hall–Kier alpha value is -0.892. The summed E-state index contributed by atoms with van der Waals surface area (Å²) >= 11 is 0. The van der Waals surface area contributed by atoms with E-state index in [9.17, 15) is 19.8 Å². The van der Waals surface area contributed by atoms with Gasteiger partial charge in [-0.2, -0.15) is 0 Å². The zero-order chi connectivity index (χ0) is 10.3. The van der Waals surface area contributed by atoms with Crippen molar-refractivity contribution in [2.45, 2.75) is 13.8 Å². The molecule has 13 heavy (non-hydrogen) atoms. The summed E-state index contributed by atoms with van der Waals surface area (Å²) in [6.45, 7) is 8.95. The Bertz CT molecular complexity index is 172. The van der Waals surface area contributed by atoms with Gasteiger partial charge in [-0.3, -0.25) is 0 Å². The van der Waals surface area contributed by atoms with Gasteiger partial charge in [0.2, 0.25) is 0 Å². The van der Waals surface area contributed by atoms with E-state index in [0.717, 1.165) is 0 Å². The van der Waals surface area contributed by atoms with E-state index >= 15 is 0 Å². The molecule has 0 fully saturated rings. The van der Waals surface area contributed by atoms with Crippen molar-refractivity contribution in [3.63, 3.8) is 0 Å². The van der Waals surface area contributed by atoms with Crippen molar-refractivity contribution in [2.24, 2.45) is 0 Å². The van der Waals surface area contributed by atoms with Gasteiger partial charge in [-0.05, 0) is 25.0 Å². The maximum Gasteiger partial charge on any atom is 2.00 e. The molecule has 0 aromatic carbocycles. The van der Waals surface area contributed by atoms with E-state index in [0.29, 0.717) is 0 Å². The third-order valence-electron chi connectivity index (χ3n) is 0.697. The molecule has 72 valence electrons. The van der Waals surface area contributed by atoms with Gasteiger partial charge in [0.1, 0.15) is 0 Å². The minimum absolute atomic E-state index is 0. The molecule has 0 aromatic rings. The Morgan fingerprint density at radius 2 is 1.00 bits per heavy atom. The van der Waals surface area contributed by atoms with Crippen LogP contribution in [0.25, 0.3) is 0 Å². The number of carbonyl (C=O) groups is 2. The molecule has 0 atom stereocenters. The average molecular weight is 266 g/mol. The van der Waals surface area contributed by atoms with Crippen molar-refractivity contribution >= 4 is 11.9 Å². The molecule has 0 rings (SSSR count). The second kappa shape index (κ2) is 9.20. The number of hydrogen-bond acceptors (Lipinski definition) is 4. The first kappa shape index (κ1) is 18.0. The van der Waals surface area contributed by atoms with E-state index in [1.165, 1.54) is 13.8 Å². The van der Waals surface area contributed by atoms with E-state index in [4.69, 9.17) is 0 Å². The molecule has 5 heteroatoms. The smallest absolute Gasteiger partial charge is 0.545 e. The molecule has 0 aliphatic rings. The van der Waals surface area contributed by atoms with E-state index in [-0.39, 0.29) is 32.2 Å². The summed E-state index contributed by atoms with van der Waals surface area (Å²) in [6, 6.07) is 0. The van der Waals surface area contributed by atoms with Crippen LogP contribution < -0.4 is 10.2 Å². The summed E-state index contributed by atoms with van der Waals surface area (Å²) in [6.07, 6.45) is 0. The van der Waals surface area contributed by atoms with Crippen molar-refractivity contribution in [3.8, 4) is 0 Å². The Morgan fingerprint density at radius 1 is 0.923 bits per heavy atom. The Morgan fingerprint density at radius 3 is 1.00 bits per heavy atom. The van der Waals surface area contributed by atoms with Crippen LogP contribution in [0, 0.1) is 0 Å². The normalized spacial score (nSPS) is 6.92. The zero-order valence-corrected chi connectivity index (χ0v) is 9.46. The Balaban J connectivity index is -0.000000143. The third-order valence-corrected chi connectivity index (χ3v) is 0.697. The van der Waals surface area contributed by atoms with Crippen LogP contribution in [-0.2, 0) is 30.7 Å². The Kier molecular flexibility index (Phi) is 12.7. The van der Waals surface area contributed by atoms with Gasteiger partial charge in [0.15, 0.2) is 0 Å². The van der Waals surface area contributed by atoms with Crippen LogP contribution in [0.3, 0.4) is 0 Å². The minimum atomic E-state index is -1.19. The molecule has 0 N–H and O–H groups in total. The maximum atomic E-state index is 9.49. The first-order valence-corrected chi connectivity index (χ1v) is 3.02. The molecule has 0 aliphatic heterocycles. The van der Waals surface area contributed by atoms with Gasteiger partial charge in [0, 0.05) is 0 Å². The molecule has 0 aliphatic carbocycles.